The van der Waals surface area contributed by atoms with Crippen molar-refractivity contribution in [1.82, 2.24) is 9.97 Å². The molecule has 1 heterocycles. The van der Waals surface area contributed by atoms with Gasteiger partial charge < -0.3 is 4.98 Å². The van der Waals surface area contributed by atoms with E-state index >= 15 is 0 Å². The first kappa shape index (κ1) is 15.5. The predicted molar refractivity (Wildman–Crippen MR) is 82.5 cm³/mol. The van der Waals surface area contributed by atoms with E-state index < -0.39 is 0 Å². The second kappa shape index (κ2) is 8.52. The Kier molecular flexibility index (Phi) is 6.94. The minimum Gasteiger partial charge on any atom is -0.348 e. The molecule has 0 saturated heterocycles. The van der Waals surface area contributed by atoms with Crippen molar-refractivity contribution >= 4 is 0 Å². The van der Waals surface area contributed by atoms with E-state index in [-0.39, 0.29) is 0 Å². The largest absolute Gasteiger partial charge is 0.348 e. The quantitative estimate of drug-likeness (QED) is 0.772. The maximum absolute atomic E-state index is 4.11. The molecule has 1 aromatic carbocycles. The molecule has 1 aliphatic rings. The highest BCUT2D eigenvalue weighted by molar-refractivity contribution is 5.37. The van der Waals surface area contributed by atoms with E-state index in [0.717, 1.165) is 0 Å². The van der Waals surface area contributed by atoms with E-state index in [0.29, 0.717) is 5.92 Å². The molecule has 2 aromatic rings. The summed E-state index contributed by atoms with van der Waals surface area (Å²) in [5.41, 5.74) is 4.23. The lowest BCUT2D eigenvalue weighted by Gasteiger charge is -2.24. The summed E-state index contributed by atoms with van der Waals surface area (Å²) in [6.45, 7) is 8.00. The Labute approximate surface area is 117 Å². The molecule has 0 fully saturated rings. The van der Waals surface area contributed by atoms with Crippen LogP contribution in [0.2, 0.25) is 0 Å². The van der Waals surface area contributed by atoms with Crippen LogP contribution in [0.5, 0.6) is 0 Å². The van der Waals surface area contributed by atoms with Crippen molar-refractivity contribution in [3.8, 4) is 0 Å². The molecule has 1 unspecified atom stereocenters. The first-order chi connectivity index (χ1) is 9.45. The number of aromatic nitrogens is 2. The molecule has 104 valence electrons. The van der Waals surface area contributed by atoms with E-state index in [1.165, 1.54) is 36.1 Å². The molecular formula is C17H26N2. The summed E-state index contributed by atoms with van der Waals surface area (Å²) < 4.78 is 0. The number of benzene rings is 1. The Balaban J connectivity index is 0.000000415. The minimum absolute atomic E-state index is 0.525. The van der Waals surface area contributed by atoms with Crippen molar-refractivity contribution in [1.29, 1.82) is 0 Å². The zero-order valence-electron chi connectivity index (χ0n) is 12.6. The Morgan fingerprint density at radius 2 is 1.84 bits per heavy atom. The fourth-order valence-corrected chi connectivity index (χ4v) is 2.53. The molecular weight excluding hydrogens is 232 g/mol. The number of aromatic amines is 1. The van der Waals surface area contributed by atoms with Crippen LogP contribution in [0, 0.1) is 0 Å². The predicted octanol–water partition coefficient (Wildman–Crippen LogP) is 4.93. The Morgan fingerprint density at radius 3 is 2.53 bits per heavy atom. The lowest BCUT2D eigenvalue weighted by Crippen LogP contribution is -2.10. The van der Waals surface area contributed by atoms with Crippen molar-refractivity contribution < 1.29 is 0 Å². The lowest BCUT2D eigenvalue weighted by molar-refractivity contribution is 0.606. The summed E-state index contributed by atoms with van der Waals surface area (Å²) in [4.78, 5) is 7.35. The second-order valence-electron chi connectivity index (χ2n) is 4.15. The lowest BCUT2D eigenvalue weighted by atomic mass is 9.81. The number of fused-ring (bicyclic) bond motifs is 1. The van der Waals surface area contributed by atoms with E-state index in [4.69, 9.17) is 0 Å². The summed E-state index contributed by atoms with van der Waals surface area (Å²) in [5.74, 6) is 0.525. The average molecular weight is 258 g/mol. The molecule has 0 radical (unpaired) electrons. The SMILES string of the molecule is CC.CC.c1ccc2c(c1)CCCC2c1cnc[nH]1. The molecule has 0 spiro atoms. The first-order valence-corrected chi connectivity index (χ1v) is 7.51. The summed E-state index contributed by atoms with van der Waals surface area (Å²) in [6.07, 6.45) is 7.46. The van der Waals surface area contributed by atoms with Crippen LogP contribution in [-0.4, -0.2) is 9.97 Å². The van der Waals surface area contributed by atoms with Crippen LogP contribution in [0.15, 0.2) is 36.8 Å². The summed E-state index contributed by atoms with van der Waals surface area (Å²) in [7, 11) is 0. The number of rotatable bonds is 1. The Bertz CT molecular complexity index is 446. The van der Waals surface area contributed by atoms with Gasteiger partial charge in [-0.2, -0.15) is 0 Å². The third-order valence-corrected chi connectivity index (χ3v) is 3.26. The smallest absolute Gasteiger partial charge is 0.0921 e. The molecule has 19 heavy (non-hydrogen) atoms. The molecule has 3 rings (SSSR count). The van der Waals surface area contributed by atoms with Gasteiger partial charge in [-0.3, -0.25) is 0 Å². The van der Waals surface area contributed by atoms with Gasteiger partial charge in [0, 0.05) is 17.8 Å². The standard InChI is InChI=1S/C13H14N2.2C2H6/c1-2-6-11-10(4-1)5-3-7-12(11)13-8-14-9-15-13;2*1-2/h1-2,4,6,8-9,12H,3,5,7H2,(H,14,15);2*1-2H3. The van der Waals surface area contributed by atoms with E-state index in [1.54, 1.807) is 6.33 Å². The zero-order chi connectivity index (χ0) is 14.1. The van der Waals surface area contributed by atoms with Crippen molar-refractivity contribution in [2.45, 2.75) is 52.9 Å². The van der Waals surface area contributed by atoms with Crippen LogP contribution in [0.3, 0.4) is 0 Å². The highest BCUT2D eigenvalue weighted by Crippen LogP contribution is 2.35. The maximum atomic E-state index is 4.11. The highest BCUT2D eigenvalue weighted by atomic mass is 14.9. The van der Waals surface area contributed by atoms with Gasteiger partial charge in [-0.15, -0.1) is 0 Å². The van der Waals surface area contributed by atoms with Gasteiger partial charge in [0.15, 0.2) is 0 Å². The maximum Gasteiger partial charge on any atom is 0.0921 e. The number of aryl methyl sites for hydroxylation is 1. The van der Waals surface area contributed by atoms with E-state index in [1.807, 2.05) is 33.9 Å². The van der Waals surface area contributed by atoms with Gasteiger partial charge in [0.05, 0.1) is 6.33 Å². The van der Waals surface area contributed by atoms with Gasteiger partial charge in [-0.1, -0.05) is 52.0 Å². The van der Waals surface area contributed by atoms with E-state index in [2.05, 4.69) is 34.2 Å². The number of nitrogens with one attached hydrogen (secondary N) is 1. The molecule has 1 aromatic heterocycles. The average Bonchev–Trinajstić information content (AvgIpc) is 3.05. The van der Waals surface area contributed by atoms with Gasteiger partial charge in [0.25, 0.3) is 0 Å². The van der Waals surface area contributed by atoms with Crippen LogP contribution in [0.1, 0.15) is 63.3 Å². The number of nitrogens with zero attached hydrogens (tertiary/aromatic N) is 1. The molecule has 0 saturated carbocycles. The van der Waals surface area contributed by atoms with Crippen LogP contribution in [0.25, 0.3) is 0 Å². The molecule has 2 nitrogen and oxygen atoms in total. The Hall–Kier alpha value is -1.57. The third kappa shape index (κ3) is 3.69. The van der Waals surface area contributed by atoms with Gasteiger partial charge in [0.2, 0.25) is 0 Å². The van der Waals surface area contributed by atoms with Gasteiger partial charge >= 0.3 is 0 Å². The Morgan fingerprint density at radius 1 is 1.11 bits per heavy atom. The van der Waals surface area contributed by atoms with E-state index in [9.17, 15) is 0 Å². The molecule has 0 amide bonds. The first-order valence-electron chi connectivity index (χ1n) is 7.51. The number of hydrogen-bond donors (Lipinski definition) is 1. The van der Waals surface area contributed by atoms with Crippen molar-refractivity contribution in [2.75, 3.05) is 0 Å². The van der Waals surface area contributed by atoms with Crippen LogP contribution in [0.4, 0.5) is 0 Å². The van der Waals surface area contributed by atoms with Gasteiger partial charge in [-0.05, 0) is 30.4 Å². The van der Waals surface area contributed by atoms with Crippen molar-refractivity contribution in [3.05, 3.63) is 53.6 Å². The van der Waals surface area contributed by atoms with Crippen molar-refractivity contribution in [3.63, 3.8) is 0 Å². The number of imidazole rings is 1. The second-order valence-corrected chi connectivity index (χ2v) is 4.15. The van der Waals surface area contributed by atoms with Gasteiger partial charge in [0.1, 0.15) is 0 Å². The number of hydrogen-bond acceptors (Lipinski definition) is 1. The van der Waals surface area contributed by atoms with Crippen LogP contribution in [-0.2, 0) is 6.42 Å². The molecule has 2 heteroatoms. The number of H-pyrrole nitrogens is 1. The summed E-state index contributed by atoms with van der Waals surface area (Å²) in [5, 5.41) is 0. The monoisotopic (exact) mass is 258 g/mol. The molecule has 0 bridgehead atoms. The molecule has 1 atom stereocenters. The van der Waals surface area contributed by atoms with Crippen LogP contribution >= 0.6 is 0 Å². The van der Waals surface area contributed by atoms with Crippen LogP contribution < -0.4 is 0 Å². The fraction of sp³-hybridized carbons (Fsp3) is 0.471. The van der Waals surface area contributed by atoms with Crippen molar-refractivity contribution in [2.24, 2.45) is 0 Å². The highest BCUT2D eigenvalue weighted by Gasteiger charge is 2.21. The fourth-order valence-electron chi connectivity index (χ4n) is 2.53. The topological polar surface area (TPSA) is 28.7 Å². The minimum atomic E-state index is 0.525. The summed E-state index contributed by atoms with van der Waals surface area (Å²) >= 11 is 0. The molecule has 1 aliphatic carbocycles. The molecule has 0 aliphatic heterocycles. The summed E-state index contributed by atoms with van der Waals surface area (Å²) in [6, 6.07) is 8.76. The third-order valence-electron chi connectivity index (χ3n) is 3.26. The normalized spacial score (nSPS) is 16.3. The zero-order valence-corrected chi connectivity index (χ0v) is 12.6. The van der Waals surface area contributed by atoms with Gasteiger partial charge in [-0.25, -0.2) is 4.98 Å². The molecule has 1 N–H and O–H groups in total.